The van der Waals surface area contributed by atoms with Gasteiger partial charge in [0, 0.05) is 10.6 Å². The molecule has 0 saturated heterocycles. The van der Waals surface area contributed by atoms with Gasteiger partial charge in [0.25, 0.3) is 5.91 Å². The number of benzene rings is 2. The van der Waals surface area contributed by atoms with Gasteiger partial charge in [-0.05, 0) is 36.4 Å². The zero-order valence-corrected chi connectivity index (χ0v) is 17.9. The fourth-order valence-electron chi connectivity index (χ4n) is 2.15. The summed E-state index contributed by atoms with van der Waals surface area (Å²) < 4.78 is 8.48. The second kappa shape index (κ2) is 9.30. The number of anilines is 1. The molecule has 0 bridgehead atoms. The minimum atomic E-state index is -1.87. The predicted octanol–water partition coefficient (Wildman–Crippen LogP) is 5.55. The first-order chi connectivity index (χ1) is 12.7. The summed E-state index contributed by atoms with van der Waals surface area (Å²) in [5, 5.41) is 6.27. The molecule has 0 saturated carbocycles. The van der Waals surface area contributed by atoms with Gasteiger partial charge in [0.1, 0.15) is 6.17 Å². The predicted molar refractivity (Wildman–Crippen MR) is 111 cm³/mol. The second-order valence-electron chi connectivity index (χ2n) is 5.29. The fraction of sp³-hybridized carbons (Fsp3) is 0.235. The smallest absolute Gasteiger partial charge is 0.253 e. The van der Waals surface area contributed by atoms with Crippen molar-refractivity contribution < 1.29 is 14.3 Å². The zero-order chi connectivity index (χ0) is 20.2. The van der Waals surface area contributed by atoms with Gasteiger partial charge in [-0.25, -0.2) is 0 Å². The summed E-state index contributed by atoms with van der Waals surface area (Å²) in [5.74, 6) is 0.382. The quantitative estimate of drug-likeness (QED) is 0.428. The third-order valence-electron chi connectivity index (χ3n) is 3.48. The molecular formula is C17H15Cl5N2O3. The van der Waals surface area contributed by atoms with E-state index >= 15 is 0 Å². The summed E-state index contributed by atoms with van der Waals surface area (Å²) in [4.78, 5) is 12.6. The van der Waals surface area contributed by atoms with E-state index in [0.29, 0.717) is 27.2 Å². The van der Waals surface area contributed by atoms with Crippen molar-refractivity contribution in [3.05, 3.63) is 52.0 Å². The molecule has 0 aliphatic carbocycles. The molecule has 27 heavy (non-hydrogen) atoms. The molecule has 0 aromatic heterocycles. The Labute approximate surface area is 181 Å². The molecule has 5 nitrogen and oxygen atoms in total. The van der Waals surface area contributed by atoms with Gasteiger partial charge < -0.3 is 20.1 Å². The van der Waals surface area contributed by atoms with Crippen LogP contribution in [0.1, 0.15) is 10.4 Å². The number of halogens is 5. The first kappa shape index (κ1) is 22.1. The zero-order valence-electron chi connectivity index (χ0n) is 14.2. The van der Waals surface area contributed by atoms with Gasteiger partial charge in [-0.2, -0.15) is 0 Å². The van der Waals surface area contributed by atoms with Crippen molar-refractivity contribution in [1.82, 2.24) is 5.32 Å². The summed E-state index contributed by atoms with van der Waals surface area (Å²) in [6, 6.07) is 9.41. The van der Waals surface area contributed by atoms with Crippen LogP contribution >= 0.6 is 58.0 Å². The molecule has 0 spiro atoms. The second-order valence-corrected chi connectivity index (χ2v) is 8.50. The van der Waals surface area contributed by atoms with Gasteiger partial charge in [-0.1, -0.05) is 58.0 Å². The summed E-state index contributed by atoms with van der Waals surface area (Å²) in [6.45, 7) is 0. The number of rotatable bonds is 6. The Hall–Kier alpha value is -1.24. The summed E-state index contributed by atoms with van der Waals surface area (Å²) >= 11 is 30.0. The van der Waals surface area contributed by atoms with Crippen molar-refractivity contribution in [3.63, 3.8) is 0 Å². The van der Waals surface area contributed by atoms with Crippen LogP contribution in [0.2, 0.25) is 10.0 Å². The monoisotopic (exact) mass is 470 g/mol. The topological polar surface area (TPSA) is 59.6 Å². The van der Waals surface area contributed by atoms with E-state index in [-0.39, 0.29) is 5.56 Å². The highest BCUT2D eigenvalue weighted by Crippen LogP contribution is 2.34. The largest absolute Gasteiger partial charge is 0.493 e. The molecular weight excluding hydrogens is 457 g/mol. The molecule has 146 valence electrons. The van der Waals surface area contributed by atoms with Gasteiger partial charge in [-0.3, -0.25) is 4.79 Å². The fourth-order valence-corrected chi connectivity index (χ4v) is 2.94. The molecule has 0 aliphatic heterocycles. The minimum absolute atomic E-state index is 0.288. The number of hydrogen-bond acceptors (Lipinski definition) is 4. The lowest BCUT2D eigenvalue weighted by molar-refractivity contribution is 0.0941. The van der Waals surface area contributed by atoms with E-state index in [9.17, 15) is 4.79 Å². The van der Waals surface area contributed by atoms with Crippen molar-refractivity contribution in [2.24, 2.45) is 0 Å². The van der Waals surface area contributed by atoms with Gasteiger partial charge in [-0.15, -0.1) is 0 Å². The third kappa shape index (κ3) is 5.87. The van der Waals surface area contributed by atoms with Crippen LogP contribution in [0.5, 0.6) is 11.5 Å². The first-order valence-corrected chi connectivity index (χ1v) is 9.36. The lowest BCUT2D eigenvalue weighted by atomic mass is 10.2. The van der Waals surface area contributed by atoms with Crippen molar-refractivity contribution in [3.8, 4) is 11.5 Å². The van der Waals surface area contributed by atoms with Crippen molar-refractivity contribution >= 4 is 69.6 Å². The number of carbonyl (C=O) groups excluding carboxylic acids is 1. The summed E-state index contributed by atoms with van der Waals surface area (Å²) in [6.07, 6.45) is -1.08. The van der Waals surface area contributed by atoms with E-state index in [1.165, 1.54) is 26.4 Å². The molecule has 1 amide bonds. The number of ether oxygens (including phenoxy) is 2. The molecule has 1 atom stereocenters. The number of amides is 1. The van der Waals surface area contributed by atoms with E-state index < -0.39 is 15.9 Å². The number of hydrogen-bond donors (Lipinski definition) is 2. The minimum Gasteiger partial charge on any atom is -0.493 e. The number of alkyl halides is 3. The van der Waals surface area contributed by atoms with Gasteiger partial charge in [0.05, 0.1) is 24.9 Å². The first-order valence-electron chi connectivity index (χ1n) is 7.47. The lowest BCUT2D eigenvalue weighted by Crippen LogP contribution is -2.49. The molecule has 10 heteroatoms. The van der Waals surface area contributed by atoms with Crippen LogP contribution in [0.15, 0.2) is 36.4 Å². The van der Waals surface area contributed by atoms with Crippen LogP contribution in [0.3, 0.4) is 0 Å². The van der Waals surface area contributed by atoms with E-state index in [0.717, 1.165) is 0 Å². The lowest BCUT2D eigenvalue weighted by Gasteiger charge is -2.28. The average molecular weight is 473 g/mol. The van der Waals surface area contributed by atoms with E-state index in [2.05, 4.69) is 10.6 Å². The molecule has 0 radical (unpaired) electrons. The normalized spacial score (nSPS) is 12.3. The summed E-state index contributed by atoms with van der Waals surface area (Å²) in [7, 11) is 2.96. The Morgan fingerprint density at radius 3 is 2.22 bits per heavy atom. The highest BCUT2D eigenvalue weighted by molar-refractivity contribution is 6.68. The molecule has 2 aromatic carbocycles. The molecule has 2 N–H and O–H groups in total. The molecule has 0 heterocycles. The molecule has 0 aliphatic rings. The maximum atomic E-state index is 12.6. The van der Waals surface area contributed by atoms with Gasteiger partial charge in [0.15, 0.2) is 11.5 Å². The Kier molecular flexibility index (Phi) is 7.60. The van der Waals surface area contributed by atoms with Crippen LogP contribution in [0.4, 0.5) is 5.69 Å². The number of methoxy groups -OCH3 is 2. The maximum Gasteiger partial charge on any atom is 0.253 e. The van der Waals surface area contributed by atoms with Crippen molar-refractivity contribution in [2.75, 3.05) is 19.5 Å². The molecule has 2 aromatic rings. The maximum absolute atomic E-state index is 12.6. The number of nitrogens with one attached hydrogen (secondary N) is 2. The van der Waals surface area contributed by atoms with Crippen molar-refractivity contribution in [2.45, 2.75) is 9.96 Å². The highest BCUT2D eigenvalue weighted by atomic mass is 35.6. The average Bonchev–Trinajstić information content (AvgIpc) is 2.61. The SMILES string of the molecule is COc1ccc(C(=O)N[C@@H](Nc2ccc(Cl)cc2Cl)C(Cl)(Cl)Cl)cc1OC. The Morgan fingerprint density at radius 2 is 1.67 bits per heavy atom. The number of carbonyl (C=O) groups is 1. The molecule has 0 fully saturated rings. The van der Waals surface area contributed by atoms with E-state index in [4.69, 9.17) is 67.5 Å². The van der Waals surface area contributed by atoms with Crippen LogP contribution in [-0.4, -0.2) is 30.1 Å². The standard InChI is InChI=1S/C17H15Cl5N2O3/c1-26-13-6-3-9(7-14(13)27-2)15(25)24-16(17(20,21)22)23-12-5-4-10(18)8-11(12)19/h3-8,16,23H,1-2H3,(H,24,25)/t16-/m1/s1. The van der Waals surface area contributed by atoms with Gasteiger partial charge in [0.2, 0.25) is 3.79 Å². The Morgan fingerprint density at radius 1 is 1.00 bits per heavy atom. The highest BCUT2D eigenvalue weighted by Gasteiger charge is 2.34. The van der Waals surface area contributed by atoms with Crippen LogP contribution < -0.4 is 20.1 Å². The van der Waals surface area contributed by atoms with E-state index in [1.54, 1.807) is 24.3 Å². The van der Waals surface area contributed by atoms with E-state index in [1.807, 2.05) is 0 Å². The summed E-state index contributed by atoms with van der Waals surface area (Å²) in [5.41, 5.74) is 0.723. The third-order valence-corrected chi connectivity index (χ3v) is 4.68. The Balaban J connectivity index is 2.24. The molecule has 0 unspecified atom stereocenters. The van der Waals surface area contributed by atoms with Crippen LogP contribution in [-0.2, 0) is 0 Å². The Bertz CT molecular complexity index is 827. The van der Waals surface area contributed by atoms with Crippen molar-refractivity contribution in [1.29, 1.82) is 0 Å². The van der Waals surface area contributed by atoms with Crippen LogP contribution in [0.25, 0.3) is 0 Å². The van der Waals surface area contributed by atoms with Crippen LogP contribution in [0, 0.1) is 0 Å². The molecule has 2 rings (SSSR count). The van der Waals surface area contributed by atoms with Gasteiger partial charge >= 0.3 is 0 Å².